The molecule has 1 amide bonds. The number of fused-ring (bicyclic) bond motifs is 1. The van der Waals surface area contributed by atoms with Crippen LogP contribution in [0.1, 0.15) is 22.7 Å². The quantitative estimate of drug-likeness (QED) is 0.468. The van der Waals surface area contributed by atoms with E-state index in [0.29, 0.717) is 5.16 Å². The molecule has 5 rings (SSSR count). The van der Waals surface area contributed by atoms with Crippen LogP contribution in [0.2, 0.25) is 0 Å². The third-order valence-electron chi connectivity index (χ3n) is 5.75. The van der Waals surface area contributed by atoms with Gasteiger partial charge in [0.05, 0.1) is 6.04 Å². The first kappa shape index (κ1) is 20.3. The van der Waals surface area contributed by atoms with Gasteiger partial charge >= 0.3 is 0 Å². The summed E-state index contributed by atoms with van der Waals surface area (Å²) in [5.74, 6) is 0.656. The fraction of sp³-hybridized carbons (Fsp3) is 0.160. The number of amides is 1. The summed E-state index contributed by atoms with van der Waals surface area (Å²) in [7, 11) is 0. The number of aromatic nitrogens is 3. The monoisotopic (exact) mass is 441 g/mol. The Morgan fingerprint density at radius 2 is 1.66 bits per heavy atom. The van der Waals surface area contributed by atoms with Crippen molar-refractivity contribution in [2.75, 3.05) is 10.7 Å². The zero-order chi connectivity index (χ0) is 22.1. The maximum atomic E-state index is 13.5. The fourth-order valence-corrected chi connectivity index (χ4v) is 4.91. The molecule has 0 saturated heterocycles. The molecule has 2 unspecified atom stereocenters. The largest absolute Gasteiger partial charge is 0.325 e. The molecule has 2 N–H and O–H groups in total. The lowest BCUT2D eigenvalue weighted by Crippen LogP contribution is -2.41. The first-order valence-corrected chi connectivity index (χ1v) is 11.4. The van der Waals surface area contributed by atoms with E-state index in [1.807, 2.05) is 97.4 Å². The Morgan fingerprint density at radius 1 is 0.938 bits per heavy atom. The van der Waals surface area contributed by atoms with Gasteiger partial charge in [-0.25, -0.2) is 4.68 Å². The molecule has 4 aromatic rings. The van der Waals surface area contributed by atoms with E-state index in [4.69, 9.17) is 0 Å². The minimum absolute atomic E-state index is 0.0689. The number of hydrogen-bond acceptors (Lipinski definition) is 5. The van der Waals surface area contributed by atoms with Crippen molar-refractivity contribution in [1.29, 1.82) is 0 Å². The average molecular weight is 442 g/mol. The van der Waals surface area contributed by atoms with Gasteiger partial charge in [-0.05, 0) is 36.6 Å². The molecule has 0 saturated carbocycles. The third kappa shape index (κ3) is 3.76. The topological polar surface area (TPSA) is 71.8 Å². The zero-order valence-corrected chi connectivity index (χ0v) is 18.6. The normalized spacial score (nSPS) is 17.3. The molecule has 1 aliphatic heterocycles. The van der Waals surface area contributed by atoms with E-state index < -0.39 is 5.25 Å². The van der Waals surface area contributed by atoms with Crippen LogP contribution in [0.25, 0.3) is 11.4 Å². The second-order valence-electron chi connectivity index (χ2n) is 7.80. The number of hydrogen-bond donors (Lipinski definition) is 2. The third-order valence-corrected chi connectivity index (χ3v) is 6.96. The van der Waals surface area contributed by atoms with Crippen LogP contribution in [-0.4, -0.2) is 26.0 Å². The first-order chi connectivity index (χ1) is 15.6. The second-order valence-corrected chi connectivity index (χ2v) is 8.91. The fourth-order valence-electron chi connectivity index (χ4n) is 3.83. The molecule has 3 aromatic carbocycles. The molecule has 0 bridgehead atoms. The minimum Gasteiger partial charge on any atom is -0.325 e. The van der Waals surface area contributed by atoms with E-state index in [2.05, 4.69) is 20.9 Å². The van der Waals surface area contributed by atoms with Crippen LogP contribution in [0.3, 0.4) is 0 Å². The molecule has 0 aliphatic carbocycles. The predicted molar refractivity (Wildman–Crippen MR) is 128 cm³/mol. The van der Waals surface area contributed by atoms with Crippen molar-refractivity contribution >= 4 is 23.4 Å². The van der Waals surface area contributed by atoms with Gasteiger partial charge < -0.3 is 10.7 Å². The molecule has 160 valence electrons. The number of nitrogens with one attached hydrogen (secondary N) is 2. The van der Waals surface area contributed by atoms with Gasteiger partial charge in [-0.3, -0.25) is 4.79 Å². The summed E-state index contributed by atoms with van der Waals surface area (Å²) in [5, 5.41) is 12.1. The second kappa shape index (κ2) is 8.51. The highest BCUT2D eigenvalue weighted by Crippen LogP contribution is 2.39. The van der Waals surface area contributed by atoms with Crippen molar-refractivity contribution in [3.05, 3.63) is 95.6 Å². The summed E-state index contributed by atoms with van der Waals surface area (Å²) in [6.07, 6.45) is 0. The van der Waals surface area contributed by atoms with Gasteiger partial charge in [-0.2, -0.15) is 0 Å². The Bertz CT molecular complexity index is 1260. The summed E-state index contributed by atoms with van der Waals surface area (Å²) < 4.78 is 1.89. The van der Waals surface area contributed by atoms with Crippen LogP contribution in [0.5, 0.6) is 0 Å². The van der Waals surface area contributed by atoms with Gasteiger partial charge in [-0.1, -0.05) is 84.6 Å². The van der Waals surface area contributed by atoms with Gasteiger partial charge in [-0.15, -0.1) is 10.2 Å². The van der Waals surface area contributed by atoms with Crippen molar-refractivity contribution in [3.63, 3.8) is 0 Å². The molecule has 2 heterocycles. The van der Waals surface area contributed by atoms with Gasteiger partial charge in [0.25, 0.3) is 0 Å². The molecular formula is C25H23N5OS. The molecule has 6 nitrogen and oxygen atoms in total. The number of carbonyl (C=O) groups excluding carboxylic acids is 1. The van der Waals surface area contributed by atoms with Crippen LogP contribution in [0.15, 0.2) is 84.0 Å². The highest BCUT2D eigenvalue weighted by molar-refractivity contribution is 8.00. The highest BCUT2D eigenvalue weighted by Gasteiger charge is 2.38. The molecule has 7 heteroatoms. The van der Waals surface area contributed by atoms with E-state index in [-0.39, 0.29) is 11.9 Å². The number of aryl methyl sites for hydroxylation is 1. The lowest BCUT2D eigenvalue weighted by atomic mass is 10.0. The number of nitrogens with zero attached hydrogens (tertiary/aromatic N) is 3. The maximum absolute atomic E-state index is 13.5. The van der Waals surface area contributed by atoms with E-state index >= 15 is 0 Å². The number of thioether (sulfide) groups is 1. The summed E-state index contributed by atoms with van der Waals surface area (Å²) in [5.41, 5.74) is 8.55. The van der Waals surface area contributed by atoms with Crippen molar-refractivity contribution in [2.24, 2.45) is 0 Å². The van der Waals surface area contributed by atoms with Gasteiger partial charge in [0.2, 0.25) is 11.1 Å². The average Bonchev–Trinajstić information content (AvgIpc) is 3.25. The van der Waals surface area contributed by atoms with E-state index in [1.54, 1.807) is 0 Å². The Labute approximate surface area is 191 Å². The molecule has 0 radical (unpaired) electrons. The predicted octanol–water partition coefficient (Wildman–Crippen LogP) is 4.96. The standard InChI is InChI=1S/C25H23N5OS/c1-16-10-9-15-20(17(16)2)26-24(31)22-21(18-11-5-3-6-12-18)29-30-23(27-28-25(30)32-22)19-13-7-4-8-14-19/h3-15,21-22,29H,1-2H3,(H,26,31). The molecular weight excluding hydrogens is 418 g/mol. The Morgan fingerprint density at radius 3 is 2.41 bits per heavy atom. The lowest BCUT2D eigenvalue weighted by molar-refractivity contribution is -0.116. The van der Waals surface area contributed by atoms with Crippen molar-refractivity contribution in [1.82, 2.24) is 14.9 Å². The summed E-state index contributed by atoms with van der Waals surface area (Å²) in [4.78, 5) is 13.5. The zero-order valence-electron chi connectivity index (χ0n) is 17.8. The number of anilines is 1. The molecule has 0 spiro atoms. The van der Waals surface area contributed by atoms with Crippen molar-refractivity contribution in [2.45, 2.75) is 30.3 Å². The first-order valence-electron chi connectivity index (χ1n) is 10.5. The van der Waals surface area contributed by atoms with Crippen LogP contribution >= 0.6 is 11.8 Å². The maximum Gasteiger partial charge on any atom is 0.240 e. The summed E-state index contributed by atoms with van der Waals surface area (Å²) in [6.45, 7) is 4.07. The SMILES string of the molecule is Cc1cccc(NC(=O)C2Sc3nnc(-c4ccccc4)n3NC2c2ccccc2)c1C. The lowest BCUT2D eigenvalue weighted by Gasteiger charge is -2.33. The van der Waals surface area contributed by atoms with E-state index in [1.165, 1.54) is 11.8 Å². The van der Waals surface area contributed by atoms with Gasteiger partial charge in [0, 0.05) is 11.3 Å². The Hall–Kier alpha value is -3.58. The highest BCUT2D eigenvalue weighted by atomic mass is 32.2. The van der Waals surface area contributed by atoms with E-state index in [9.17, 15) is 4.79 Å². The van der Waals surface area contributed by atoms with Crippen molar-refractivity contribution < 1.29 is 4.79 Å². The van der Waals surface area contributed by atoms with E-state index in [0.717, 1.165) is 33.8 Å². The molecule has 32 heavy (non-hydrogen) atoms. The van der Waals surface area contributed by atoms with Gasteiger partial charge in [0.1, 0.15) is 5.25 Å². The number of benzene rings is 3. The minimum atomic E-state index is -0.419. The van der Waals surface area contributed by atoms with Crippen molar-refractivity contribution in [3.8, 4) is 11.4 Å². The van der Waals surface area contributed by atoms with Crippen LogP contribution in [0.4, 0.5) is 5.69 Å². The smallest absolute Gasteiger partial charge is 0.240 e. The summed E-state index contributed by atoms with van der Waals surface area (Å²) >= 11 is 1.43. The molecule has 1 aliphatic rings. The Balaban J connectivity index is 1.51. The Kier molecular flexibility index (Phi) is 5.41. The van der Waals surface area contributed by atoms with Crippen LogP contribution in [0, 0.1) is 13.8 Å². The van der Waals surface area contributed by atoms with Gasteiger partial charge in [0.15, 0.2) is 5.82 Å². The molecule has 2 atom stereocenters. The number of carbonyl (C=O) groups is 1. The molecule has 1 aromatic heterocycles. The van der Waals surface area contributed by atoms with Crippen LogP contribution in [-0.2, 0) is 4.79 Å². The number of rotatable bonds is 4. The summed E-state index contributed by atoms with van der Waals surface area (Å²) in [6, 6.07) is 25.6. The molecule has 0 fully saturated rings. The van der Waals surface area contributed by atoms with Crippen LogP contribution < -0.4 is 10.7 Å².